The standard InChI is InChI=1S/C12H19ClN4O/c1-3-15-12-6-5-9(13)10(16-12)7-17(4-2)8-11(14)18/h5-6H,3-4,7-8H2,1-2H3,(H2,14,18)(H,15,16). The number of amides is 1. The number of halogens is 1. The summed E-state index contributed by atoms with van der Waals surface area (Å²) in [5.74, 6) is 0.433. The van der Waals surface area contributed by atoms with E-state index in [1.807, 2.05) is 24.8 Å². The molecular weight excluding hydrogens is 252 g/mol. The number of nitrogens with one attached hydrogen (secondary N) is 1. The fourth-order valence-electron chi connectivity index (χ4n) is 1.59. The molecular formula is C12H19ClN4O. The van der Waals surface area contributed by atoms with E-state index in [0.717, 1.165) is 18.1 Å². The summed E-state index contributed by atoms with van der Waals surface area (Å²) >= 11 is 6.10. The zero-order valence-corrected chi connectivity index (χ0v) is 11.5. The number of likely N-dealkylation sites (N-methyl/N-ethyl adjacent to an activating group) is 1. The molecule has 1 aromatic rings. The number of carbonyl (C=O) groups is 1. The van der Waals surface area contributed by atoms with Gasteiger partial charge >= 0.3 is 0 Å². The van der Waals surface area contributed by atoms with Crippen LogP contribution in [0, 0.1) is 0 Å². The SMILES string of the molecule is CCNc1ccc(Cl)c(CN(CC)CC(N)=O)n1. The van der Waals surface area contributed by atoms with Crippen molar-refractivity contribution < 1.29 is 4.79 Å². The monoisotopic (exact) mass is 270 g/mol. The average molecular weight is 271 g/mol. The van der Waals surface area contributed by atoms with Crippen LogP contribution in [0.1, 0.15) is 19.5 Å². The number of rotatable bonds is 7. The number of hydrogen-bond acceptors (Lipinski definition) is 4. The van der Waals surface area contributed by atoms with Crippen LogP contribution in [0.25, 0.3) is 0 Å². The molecule has 0 aromatic carbocycles. The van der Waals surface area contributed by atoms with Gasteiger partial charge < -0.3 is 11.1 Å². The number of carbonyl (C=O) groups excluding carboxylic acids is 1. The topological polar surface area (TPSA) is 71.2 Å². The molecule has 5 nitrogen and oxygen atoms in total. The molecule has 100 valence electrons. The number of nitrogens with zero attached hydrogens (tertiary/aromatic N) is 2. The van der Waals surface area contributed by atoms with Gasteiger partial charge in [-0.2, -0.15) is 0 Å². The van der Waals surface area contributed by atoms with Gasteiger partial charge in [0, 0.05) is 13.1 Å². The molecule has 0 saturated heterocycles. The lowest BCUT2D eigenvalue weighted by Gasteiger charge is -2.19. The van der Waals surface area contributed by atoms with Gasteiger partial charge in [-0.3, -0.25) is 9.69 Å². The Kier molecular flexibility index (Phi) is 5.88. The van der Waals surface area contributed by atoms with Crippen LogP contribution in [-0.2, 0) is 11.3 Å². The number of nitrogens with two attached hydrogens (primary N) is 1. The highest BCUT2D eigenvalue weighted by molar-refractivity contribution is 6.31. The fraction of sp³-hybridized carbons (Fsp3) is 0.500. The van der Waals surface area contributed by atoms with Gasteiger partial charge in [-0.15, -0.1) is 0 Å². The van der Waals surface area contributed by atoms with Crippen LogP contribution in [0.15, 0.2) is 12.1 Å². The first-order valence-corrected chi connectivity index (χ1v) is 6.34. The smallest absolute Gasteiger partial charge is 0.231 e. The molecule has 0 spiro atoms. The van der Waals surface area contributed by atoms with E-state index in [1.165, 1.54) is 0 Å². The zero-order valence-electron chi connectivity index (χ0n) is 10.7. The molecule has 0 bridgehead atoms. The Bertz CT molecular complexity index is 411. The number of primary amides is 1. The molecule has 1 amide bonds. The Morgan fingerprint density at radius 1 is 1.50 bits per heavy atom. The van der Waals surface area contributed by atoms with Crippen molar-refractivity contribution in [3.63, 3.8) is 0 Å². The summed E-state index contributed by atoms with van der Waals surface area (Å²) in [7, 11) is 0. The van der Waals surface area contributed by atoms with Crippen molar-refractivity contribution >= 4 is 23.3 Å². The van der Waals surface area contributed by atoms with Gasteiger partial charge in [0.1, 0.15) is 5.82 Å². The second-order valence-electron chi connectivity index (χ2n) is 3.92. The van der Waals surface area contributed by atoms with Gasteiger partial charge in [0.05, 0.1) is 17.3 Å². The van der Waals surface area contributed by atoms with Gasteiger partial charge in [0.15, 0.2) is 0 Å². The van der Waals surface area contributed by atoms with Crippen molar-refractivity contribution in [3.05, 3.63) is 22.8 Å². The Hall–Kier alpha value is -1.33. The molecule has 1 heterocycles. The molecule has 0 radical (unpaired) electrons. The normalized spacial score (nSPS) is 10.7. The van der Waals surface area contributed by atoms with Gasteiger partial charge in [-0.05, 0) is 25.6 Å². The Labute approximate surface area is 112 Å². The number of pyridine rings is 1. The lowest BCUT2D eigenvalue weighted by molar-refractivity contribution is -0.119. The summed E-state index contributed by atoms with van der Waals surface area (Å²) < 4.78 is 0. The van der Waals surface area contributed by atoms with Crippen LogP contribution in [0.2, 0.25) is 5.02 Å². The predicted molar refractivity (Wildman–Crippen MR) is 73.6 cm³/mol. The number of aromatic nitrogens is 1. The quantitative estimate of drug-likeness (QED) is 0.787. The van der Waals surface area contributed by atoms with E-state index in [9.17, 15) is 4.79 Å². The van der Waals surface area contributed by atoms with Crippen molar-refractivity contribution in [2.75, 3.05) is 25.0 Å². The molecule has 0 unspecified atom stereocenters. The minimum Gasteiger partial charge on any atom is -0.370 e. The molecule has 1 rings (SSSR count). The Balaban J connectivity index is 2.80. The zero-order chi connectivity index (χ0) is 13.5. The van der Waals surface area contributed by atoms with Crippen LogP contribution in [-0.4, -0.2) is 35.4 Å². The number of hydrogen-bond donors (Lipinski definition) is 2. The average Bonchev–Trinajstić information content (AvgIpc) is 2.32. The highest BCUT2D eigenvalue weighted by Gasteiger charge is 2.11. The third-order valence-electron chi connectivity index (χ3n) is 2.48. The molecule has 0 aliphatic carbocycles. The highest BCUT2D eigenvalue weighted by Crippen LogP contribution is 2.18. The van der Waals surface area contributed by atoms with Crippen molar-refractivity contribution in [3.8, 4) is 0 Å². The Morgan fingerprint density at radius 2 is 2.22 bits per heavy atom. The van der Waals surface area contributed by atoms with E-state index in [2.05, 4.69) is 10.3 Å². The maximum Gasteiger partial charge on any atom is 0.231 e. The molecule has 1 aromatic heterocycles. The summed E-state index contributed by atoms with van der Waals surface area (Å²) in [5.41, 5.74) is 5.94. The summed E-state index contributed by atoms with van der Waals surface area (Å²) in [4.78, 5) is 17.2. The summed E-state index contributed by atoms with van der Waals surface area (Å²) in [6.45, 7) is 6.20. The van der Waals surface area contributed by atoms with Crippen molar-refractivity contribution in [2.24, 2.45) is 5.73 Å². The molecule has 0 aliphatic rings. The first-order valence-electron chi connectivity index (χ1n) is 5.96. The summed E-state index contributed by atoms with van der Waals surface area (Å²) in [6, 6.07) is 3.64. The van der Waals surface area contributed by atoms with E-state index >= 15 is 0 Å². The summed E-state index contributed by atoms with van der Waals surface area (Å²) in [6.07, 6.45) is 0. The summed E-state index contributed by atoms with van der Waals surface area (Å²) in [5, 5.41) is 3.72. The third-order valence-corrected chi connectivity index (χ3v) is 2.82. The van der Waals surface area contributed by atoms with E-state index in [-0.39, 0.29) is 12.5 Å². The second-order valence-corrected chi connectivity index (χ2v) is 4.33. The molecule has 0 aliphatic heterocycles. The van der Waals surface area contributed by atoms with Gasteiger partial charge in [0.2, 0.25) is 5.91 Å². The van der Waals surface area contributed by atoms with E-state index < -0.39 is 0 Å². The van der Waals surface area contributed by atoms with Gasteiger partial charge in [-0.25, -0.2) is 4.98 Å². The van der Waals surface area contributed by atoms with E-state index in [1.54, 1.807) is 6.07 Å². The molecule has 18 heavy (non-hydrogen) atoms. The van der Waals surface area contributed by atoms with Crippen molar-refractivity contribution in [2.45, 2.75) is 20.4 Å². The predicted octanol–water partition coefficient (Wildman–Crippen LogP) is 1.47. The third kappa shape index (κ3) is 4.50. The van der Waals surface area contributed by atoms with Gasteiger partial charge in [0.25, 0.3) is 0 Å². The van der Waals surface area contributed by atoms with Crippen molar-refractivity contribution in [1.82, 2.24) is 9.88 Å². The van der Waals surface area contributed by atoms with Crippen LogP contribution in [0.4, 0.5) is 5.82 Å². The van der Waals surface area contributed by atoms with Crippen LogP contribution in [0.5, 0.6) is 0 Å². The number of anilines is 1. The van der Waals surface area contributed by atoms with Crippen LogP contribution < -0.4 is 11.1 Å². The lowest BCUT2D eigenvalue weighted by Crippen LogP contribution is -2.33. The van der Waals surface area contributed by atoms with E-state index in [0.29, 0.717) is 18.1 Å². The van der Waals surface area contributed by atoms with Crippen LogP contribution >= 0.6 is 11.6 Å². The first kappa shape index (κ1) is 14.7. The molecule has 3 N–H and O–H groups in total. The molecule has 0 fully saturated rings. The largest absolute Gasteiger partial charge is 0.370 e. The highest BCUT2D eigenvalue weighted by atomic mass is 35.5. The second kappa shape index (κ2) is 7.18. The van der Waals surface area contributed by atoms with Crippen molar-refractivity contribution in [1.29, 1.82) is 0 Å². The molecule has 0 atom stereocenters. The molecule has 0 saturated carbocycles. The maximum atomic E-state index is 10.9. The minimum atomic E-state index is -0.351. The van der Waals surface area contributed by atoms with E-state index in [4.69, 9.17) is 17.3 Å². The molecule has 6 heteroatoms. The fourth-order valence-corrected chi connectivity index (χ4v) is 1.75. The lowest BCUT2D eigenvalue weighted by atomic mass is 10.3. The first-order chi connectivity index (χ1) is 8.56. The van der Waals surface area contributed by atoms with Gasteiger partial charge in [-0.1, -0.05) is 18.5 Å². The maximum absolute atomic E-state index is 10.9. The Morgan fingerprint density at radius 3 is 2.78 bits per heavy atom. The minimum absolute atomic E-state index is 0.208. The van der Waals surface area contributed by atoms with Crippen LogP contribution in [0.3, 0.4) is 0 Å².